The Kier molecular flexibility index (Phi) is 2.51. The summed E-state index contributed by atoms with van der Waals surface area (Å²) in [6.07, 6.45) is 4.35. The largest absolute Gasteiger partial charge is 0.507 e. The van der Waals surface area contributed by atoms with E-state index in [2.05, 4.69) is 40.3 Å². The lowest BCUT2D eigenvalue weighted by atomic mass is 10.0. The fourth-order valence-electron chi connectivity index (χ4n) is 3.78. The van der Waals surface area contributed by atoms with Gasteiger partial charge in [-0.2, -0.15) is 4.40 Å². The van der Waals surface area contributed by atoms with Crippen LogP contribution in [0.2, 0.25) is 0 Å². The second-order valence-corrected chi connectivity index (χ2v) is 6.91. The Labute approximate surface area is 139 Å². The van der Waals surface area contributed by atoms with Crippen LogP contribution in [0.4, 0.5) is 0 Å². The topological polar surface area (TPSA) is 37.8 Å². The molecule has 2 aromatic heterocycles. The third-order valence-corrected chi connectivity index (χ3v) is 5.37. The van der Waals surface area contributed by atoms with Gasteiger partial charge >= 0.3 is 11.5 Å². The molecule has 0 spiro atoms. The van der Waals surface area contributed by atoms with Crippen molar-refractivity contribution in [2.75, 3.05) is 7.11 Å². The number of para-hydroxylation sites is 1. The van der Waals surface area contributed by atoms with Gasteiger partial charge in [0, 0.05) is 10.8 Å². The van der Waals surface area contributed by atoms with E-state index in [1.165, 1.54) is 0 Å². The molecule has 2 aromatic carbocycles. The number of nitrogens with zero attached hydrogens (tertiary/aromatic N) is 2. The van der Waals surface area contributed by atoms with E-state index in [4.69, 9.17) is 4.74 Å². The highest BCUT2D eigenvalue weighted by Crippen LogP contribution is 2.42. The van der Waals surface area contributed by atoms with Gasteiger partial charge in [0.05, 0.1) is 7.11 Å². The fraction of sp³-hybridized carbons (Fsp3) is 0.250. The van der Waals surface area contributed by atoms with E-state index >= 15 is 0 Å². The maximum atomic E-state index is 10.7. The van der Waals surface area contributed by atoms with Gasteiger partial charge in [-0.15, -0.1) is 0 Å². The molecular weight excluding hydrogens is 300 g/mol. The van der Waals surface area contributed by atoms with Crippen molar-refractivity contribution in [1.82, 2.24) is 4.40 Å². The average Bonchev–Trinajstić information content (AvgIpc) is 3.22. The Morgan fingerprint density at radius 1 is 1.08 bits per heavy atom. The molecule has 4 heteroatoms. The van der Waals surface area contributed by atoms with Crippen LogP contribution in [0.3, 0.4) is 0 Å². The monoisotopic (exact) mass is 319 g/mol. The molecule has 0 radical (unpaired) electrons. The van der Waals surface area contributed by atoms with E-state index in [-0.39, 0.29) is 5.54 Å². The van der Waals surface area contributed by atoms with Crippen molar-refractivity contribution >= 4 is 27.3 Å². The van der Waals surface area contributed by atoms with Gasteiger partial charge in [-0.05, 0) is 31.9 Å². The number of aromatic hydroxyl groups is 1. The molecule has 4 nitrogen and oxygen atoms in total. The number of imidazole rings is 1. The fourth-order valence-corrected chi connectivity index (χ4v) is 3.78. The summed E-state index contributed by atoms with van der Waals surface area (Å²) in [5, 5.41) is 13.7. The standard InChI is InChI=1S/C20H18N2O2/c1-20(10-11-20)21-12-17(24-2)22-15-8-4-3-6-13(15)14-7-5-9-16(23)18(14)19(21)22/h3-9,12H,10-11H2,1-2H3/p+1. The van der Waals surface area contributed by atoms with Crippen LogP contribution in [0, 0.1) is 0 Å². The van der Waals surface area contributed by atoms with E-state index in [0.29, 0.717) is 5.75 Å². The minimum absolute atomic E-state index is 0.0969. The molecule has 0 aliphatic heterocycles. The summed E-state index contributed by atoms with van der Waals surface area (Å²) >= 11 is 0. The maximum Gasteiger partial charge on any atom is 0.330 e. The Hall–Kier alpha value is -2.75. The predicted molar refractivity (Wildman–Crippen MR) is 93.7 cm³/mol. The lowest BCUT2D eigenvalue weighted by molar-refractivity contribution is -0.710. The zero-order valence-corrected chi connectivity index (χ0v) is 13.8. The van der Waals surface area contributed by atoms with Crippen molar-refractivity contribution in [3.05, 3.63) is 48.7 Å². The number of benzene rings is 2. The van der Waals surface area contributed by atoms with Gasteiger partial charge in [0.1, 0.15) is 22.2 Å². The van der Waals surface area contributed by atoms with Crippen molar-refractivity contribution in [3.63, 3.8) is 0 Å². The van der Waals surface area contributed by atoms with Crippen LogP contribution in [0.5, 0.6) is 11.6 Å². The van der Waals surface area contributed by atoms with Crippen molar-refractivity contribution < 1.29 is 14.4 Å². The zero-order chi connectivity index (χ0) is 16.5. The maximum absolute atomic E-state index is 10.7. The SMILES string of the molecule is COc1c[n+](C2(C)CC2)c2c3c(O)cccc3c3ccccc3n12. The van der Waals surface area contributed by atoms with Crippen molar-refractivity contribution in [2.45, 2.75) is 25.3 Å². The first-order valence-electron chi connectivity index (χ1n) is 8.28. The number of phenols is 1. The molecule has 2 heterocycles. The zero-order valence-electron chi connectivity index (χ0n) is 13.8. The lowest BCUT2D eigenvalue weighted by Crippen LogP contribution is -2.43. The second-order valence-electron chi connectivity index (χ2n) is 6.91. The minimum atomic E-state index is 0.0969. The lowest BCUT2D eigenvalue weighted by Gasteiger charge is -2.09. The van der Waals surface area contributed by atoms with Crippen LogP contribution < -0.4 is 9.30 Å². The number of hydrogen-bond acceptors (Lipinski definition) is 2. The van der Waals surface area contributed by atoms with Gasteiger partial charge in [-0.1, -0.05) is 30.3 Å². The molecule has 120 valence electrons. The van der Waals surface area contributed by atoms with Gasteiger partial charge in [-0.3, -0.25) is 0 Å². The van der Waals surface area contributed by atoms with E-state index in [1.54, 1.807) is 13.2 Å². The molecule has 0 atom stereocenters. The van der Waals surface area contributed by atoms with Crippen molar-refractivity contribution in [3.8, 4) is 11.6 Å². The first-order valence-corrected chi connectivity index (χ1v) is 8.28. The normalized spacial score (nSPS) is 16.1. The molecule has 1 aliphatic carbocycles. The van der Waals surface area contributed by atoms with Crippen LogP contribution in [0.1, 0.15) is 19.8 Å². The summed E-state index contributed by atoms with van der Waals surface area (Å²) in [7, 11) is 1.70. The Balaban J connectivity index is 2.15. The van der Waals surface area contributed by atoms with Gasteiger partial charge in [0.15, 0.2) is 6.20 Å². The van der Waals surface area contributed by atoms with Gasteiger partial charge in [-0.25, -0.2) is 4.57 Å². The smallest absolute Gasteiger partial charge is 0.330 e. The quantitative estimate of drug-likeness (QED) is 0.451. The molecule has 0 bridgehead atoms. The molecular formula is C20H19N2O2+. The number of hydrogen-bond donors (Lipinski definition) is 1. The summed E-state index contributed by atoms with van der Waals surface area (Å²) in [4.78, 5) is 0. The molecule has 1 fully saturated rings. The predicted octanol–water partition coefficient (Wildman–Crippen LogP) is 3.76. The Bertz CT molecular complexity index is 1120. The minimum Gasteiger partial charge on any atom is -0.507 e. The third-order valence-electron chi connectivity index (χ3n) is 5.37. The molecule has 0 unspecified atom stereocenters. The van der Waals surface area contributed by atoms with Gasteiger partial charge in [0.2, 0.25) is 0 Å². The number of rotatable bonds is 2. The van der Waals surface area contributed by atoms with E-state index in [0.717, 1.165) is 46.0 Å². The van der Waals surface area contributed by atoms with E-state index in [1.807, 2.05) is 18.2 Å². The Morgan fingerprint density at radius 2 is 1.83 bits per heavy atom. The highest BCUT2D eigenvalue weighted by atomic mass is 16.5. The first kappa shape index (κ1) is 13.7. The van der Waals surface area contributed by atoms with Gasteiger partial charge in [0.25, 0.3) is 0 Å². The molecule has 5 rings (SSSR count). The summed E-state index contributed by atoms with van der Waals surface area (Å²) in [5.74, 6) is 1.10. The van der Waals surface area contributed by atoms with Gasteiger partial charge < -0.3 is 9.84 Å². The molecule has 4 aromatic rings. The molecule has 24 heavy (non-hydrogen) atoms. The number of methoxy groups -OCH3 is 1. The summed E-state index contributed by atoms with van der Waals surface area (Å²) in [5.41, 5.74) is 2.18. The number of aromatic nitrogens is 2. The summed E-state index contributed by atoms with van der Waals surface area (Å²) in [6, 6.07) is 14.0. The average molecular weight is 319 g/mol. The van der Waals surface area contributed by atoms with E-state index < -0.39 is 0 Å². The third kappa shape index (κ3) is 1.60. The second kappa shape index (κ2) is 4.41. The van der Waals surface area contributed by atoms with Crippen molar-refractivity contribution in [2.24, 2.45) is 0 Å². The van der Waals surface area contributed by atoms with Crippen LogP contribution in [-0.2, 0) is 5.54 Å². The van der Waals surface area contributed by atoms with E-state index in [9.17, 15) is 5.11 Å². The number of fused-ring (bicyclic) bond motifs is 6. The molecule has 1 N–H and O–H groups in total. The van der Waals surface area contributed by atoms with Crippen LogP contribution in [0.15, 0.2) is 48.7 Å². The molecule has 0 amide bonds. The molecule has 1 aliphatic rings. The number of pyridine rings is 1. The van der Waals surface area contributed by atoms with Crippen LogP contribution >= 0.6 is 0 Å². The number of ether oxygens (including phenoxy) is 1. The Morgan fingerprint density at radius 3 is 2.58 bits per heavy atom. The highest BCUT2D eigenvalue weighted by molar-refractivity contribution is 6.13. The van der Waals surface area contributed by atoms with Crippen LogP contribution in [0.25, 0.3) is 27.3 Å². The number of phenolic OH excluding ortho intramolecular Hbond substituents is 1. The first-order chi connectivity index (χ1) is 11.6. The molecule has 0 saturated heterocycles. The molecule has 1 saturated carbocycles. The summed E-state index contributed by atoms with van der Waals surface area (Å²) < 4.78 is 10.1. The van der Waals surface area contributed by atoms with Crippen LogP contribution in [-0.4, -0.2) is 16.6 Å². The van der Waals surface area contributed by atoms with Crippen molar-refractivity contribution in [1.29, 1.82) is 0 Å². The highest BCUT2D eigenvalue weighted by Gasteiger charge is 2.47. The summed E-state index contributed by atoms with van der Waals surface area (Å²) in [6.45, 7) is 2.26.